The Labute approximate surface area is 97.6 Å². The molecule has 0 saturated heterocycles. The molecule has 16 heavy (non-hydrogen) atoms. The Bertz CT molecular complexity index is 214. The highest BCUT2D eigenvalue weighted by molar-refractivity contribution is 5.68. The molecule has 0 aromatic rings. The first kappa shape index (κ1) is 15.2. The van der Waals surface area contributed by atoms with Gasteiger partial charge in [0.1, 0.15) is 5.60 Å². The Balaban J connectivity index is 4.34. The van der Waals surface area contributed by atoms with E-state index in [2.05, 4.69) is 0 Å². The van der Waals surface area contributed by atoms with Gasteiger partial charge in [0.05, 0.1) is 6.61 Å². The number of hydrogen-bond acceptors (Lipinski definition) is 4. The van der Waals surface area contributed by atoms with Gasteiger partial charge in [0, 0.05) is 19.1 Å². The van der Waals surface area contributed by atoms with Gasteiger partial charge in [-0.3, -0.25) is 0 Å². The fraction of sp³-hybridized carbons (Fsp3) is 0.909. The Morgan fingerprint density at radius 3 is 2.44 bits per heavy atom. The molecule has 0 aromatic carbocycles. The van der Waals surface area contributed by atoms with Crippen LogP contribution in [0.15, 0.2) is 0 Å². The molecule has 0 aromatic heterocycles. The second kappa shape index (κ2) is 6.70. The van der Waals surface area contributed by atoms with Gasteiger partial charge in [-0.25, -0.2) is 4.79 Å². The molecule has 0 aliphatic carbocycles. The van der Waals surface area contributed by atoms with Crippen LogP contribution in [0.1, 0.15) is 34.1 Å². The van der Waals surface area contributed by atoms with Gasteiger partial charge < -0.3 is 20.5 Å². The molecule has 0 bridgehead atoms. The first-order chi connectivity index (χ1) is 7.30. The molecule has 0 fully saturated rings. The molecule has 0 aliphatic heterocycles. The highest BCUT2D eigenvalue weighted by Crippen LogP contribution is 2.10. The molecule has 0 spiro atoms. The second-order valence-corrected chi connectivity index (χ2v) is 4.87. The van der Waals surface area contributed by atoms with E-state index in [1.807, 2.05) is 27.7 Å². The lowest BCUT2D eigenvalue weighted by Crippen LogP contribution is -2.45. The Morgan fingerprint density at radius 2 is 2.06 bits per heavy atom. The zero-order valence-electron chi connectivity index (χ0n) is 10.7. The molecule has 0 heterocycles. The van der Waals surface area contributed by atoms with E-state index in [-0.39, 0.29) is 12.7 Å². The van der Waals surface area contributed by atoms with Crippen LogP contribution >= 0.6 is 0 Å². The predicted molar refractivity (Wildman–Crippen MR) is 63.2 cm³/mol. The van der Waals surface area contributed by atoms with Gasteiger partial charge in [0.25, 0.3) is 0 Å². The van der Waals surface area contributed by atoms with Crippen molar-refractivity contribution in [3.05, 3.63) is 0 Å². The van der Waals surface area contributed by atoms with Crippen LogP contribution in [0.25, 0.3) is 0 Å². The average Bonchev–Trinajstić information content (AvgIpc) is 2.14. The van der Waals surface area contributed by atoms with Crippen molar-refractivity contribution in [3.63, 3.8) is 0 Å². The maximum absolute atomic E-state index is 11.8. The molecule has 96 valence electrons. The lowest BCUT2D eigenvalue weighted by atomic mass is 10.2. The Kier molecular flexibility index (Phi) is 6.36. The molecule has 0 radical (unpaired) electrons. The van der Waals surface area contributed by atoms with Gasteiger partial charge in [0.2, 0.25) is 0 Å². The van der Waals surface area contributed by atoms with Crippen LogP contribution in [0.3, 0.4) is 0 Å². The summed E-state index contributed by atoms with van der Waals surface area (Å²) in [5, 5.41) is 8.86. The minimum absolute atomic E-state index is 0.136. The van der Waals surface area contributed by atoms with E-state index >= 15 is 0 Å². The van der Waals surface area contributed by atoms with Crippen molar-refractivity contribution < 1.29 is 14.6 Å². The Hall–Kier alpha value is -0.810. The summed E-state index contributed by atoms with van der Waals surface area (Å²) in [5.74, 6) is 0. The van der Waals surface area contributed by atoms with Crippen molar-refractivity contribution in [1.29, 1.82) is 0 Å². The number of ether oxygens (including phenoxy) is 1. The van der Waals surface area contributed by atoms with Crippen LogP contribution in [0.2, 0.25) is 0 Å². The van der Waals surface area contributed by atoms with Crippen LogP contribution < -0.4 is 5.73 Å². The number of nitrogens with zero attached hydrogens (tertiary/aromatic N) is 1. The molecule has 0 rings (SSSR count). The normalized spacial score (nSPS) is 13.4. The number of aliphatic hydroxyl groups excluding tert-OH is 1. The van der Waals surface area contributed by atoms with E-state index in [4.69, 9.17) is 15.6 Å². The molecule has 0 unspecified atom stereocenters. The zero-order chi connectivity index (χ0) is 12.8. The van der Waals surface area contributed by atoms with Crippen molar-refractivity contribution in [2.24, 2.45) is 5.73 Å². The second-order valence-electron chi connectivity index (χ2n) is 4.87. The molecular weight excluding hydrogens is 208 g/mol. The molecular formula is C11H24N2O3. The van der Waals surface area contributed by atoms with Crippen LogP contribution in [0.5, 0.6) is 0 Å². The van der Waals surface area contributed by atoms with Gasteiger partial charge >= 0.3 is 6.09 Å². The molecule has 0 aliphatic rings. The number of aliphatic hydroxyl groups is 1. The van der Waals surface area contributed by atoms with Crippen LogP contribution in [-0.2, 0) is 4.74 Å². The van der Waals surface area contributed by atoms with E-state index in [1.54, 1.807) is 0 Å². The third-order valence-electron chi connectivity index (χ3n) is 1.83. The van der Waals surface area contributed by atoms with E-state index in [0.717, 1.165) is 6.42 Å². The van der Waals surface area contributed by atoms with E-state index in [9.17, 15) is 4.79 Å². The fourth-order valence-electron chi connectivity index (χ4n) is 1.19. The third kappa shape index (κ3) is 6.63. The minimum Gasteiger partial charge on any atom is -0.444 e. The summed E-state index contributed by atoms with van der Waals surface area (Å²) >= 11 is 0. The molecule has 1 amide bonds. The number of amides is 1. The molecule has 1 atom stereocenters. The summed E-state index contributed by atoms with van der Waals surface area (Å²) in [7, 11) is 0. The molecule has 5 heteroatoms. The maximum Gasteiger partial charge on any atom is 0.410 e. The van der Waals surface area contributed by atoms with E-state index in [1.165, 1.54) is 4.90 Å². The zero-order valence-corrected chi connectivity index (χ0v) is 10.7. The van der Waals surface area contributed by atoms with E-state index < -0.39 is 11.6 Å². The number of carbonyl (C=O) groups is 1. The highest BCUT2D eigenvalue weighted by Gasteiger charge is 2.22. The monoisotopic (exact) mass is 232 g/mol. The highest BCUT2D eigenvalue weighted by atomic mass is 16.6. The summed E-state index contributed by atoms with van der Waals surface area (Å²) in [6, 6.07) is -0.418. The number of nitrogens with two attached hydrogens (primary N) is 1. The summed E-state index contributed by atoms with van der Waals surface area (Å²) in [6.07, 6.45) is 0.454. The fourth-order valence-corrected chi connectivity index (χ4v) is 1.19. The first-order valence-corrected chi connectivity index (χ1v) is 5.64. The van der Waals surface area contributed by atoms with Crippen LogP contribution in [0, 0.1) is 0 Å². The summed E-state index contributed by atoms with van der Waals surface area (Å²) in [5.41, 5.74) is 5.10. The quantitative estimate of drug-likeness (QED) is 0.740. The van der Waals surface area contributed by atoms with Gasteiger partial charge in [-0.05, 0) is 27.2 Å². The third-order valence-corrected chi connectivity index (χ3v) is 1.83. The van der Waals surface area contributed by atoms with Gasteiger partial charge in [0.15, 0.2) is 0 Å². The summed E-state index contributed by atoms with van der Waals surface area (Å²) in [4.78, 5) is 13.3. The first-order valence-electron chi connectivity index (χ1n) is 5.64. The number of rotatable bonds is 5. The SMILES string of the molecule is CCCN(C[C@@H](N)CO)C(=O)OC(C)(C)C. The molecule has 3 N–H and O–H groups in total. The smallest absolute Gasteiger partial charge is 0.410 e. The van der Waals surface area contributed by atoms with Gasteiger partial charge in [-0.15, -0.1) is 0 Å². The lowest BCUT2D eigenvalue weighted by Gasteiger charge is -2.28. The van der Waals surface area contributed by atoms with E-state index in [0.29, 0.717) is 13.1 Å². The minimum atomic E-state index is -0.508. The average molecular weight is 232 g/mol. The topological polar surface area (TPSA) is 75.8 Å². The van der Waals surface area contributed by atoms with Gasteiger partial charge in [-0.2, -0.15) is 0 Å². The maximum atomic E-state index is 11.8. The van der Waals surface area contributed by atoms with Crippen molar-refractivity contribution in [3.8, 4) is 0 Å². The Morgan fingerprint density at radius 1 is 1.50 bits per heavy atom. The largest absolute Gasteiger partial charge is 0.444 e. The predicted octanol–water partition coefficient (Wildman–Crippen LogP) is 0.953. The summed E-state index contributed by atoms with van der Waals surface area (Å²) in [6.45, 7) is 8.20. The van der Waals surface area contributed by atoms with Crippen molar-refractivity contribution in [2.45, 2.75) is 45.8 Å². The van der Waals surface area contributed by atoms with Crippen LogP contribution in [-0.4, -0.2) is 47.4 Å². The van der Waals surface area contributed by atoms with Crippen LogP contribution in [0.4, 0.5) is 4.79 Å². The molecule has 5 nitrogen and oxygen atoms in total. The number of carbonyl (C=O) groups excluding carboxylic acids is 1. The van der Waals surface area contributed by atoms with Crippen molar-refractivity contribution >= 4 is 6.09 Å². The van der Waals surface area contributed by atoms with Crippen molar-refractivity contribution in [2.75, 3.05) is 19.7 Å². The lowest BCUT2D eigenvalue weighted by molar-refractivity contribution is 0.0228. The molecule has 0 saturated carbocycles. The van der Waals surface area contributed by atoms with Crippen molar-refractivity contribution in [1.82, 2.24) is 4.90 Å². The summed E-state index contributed by atoms with van der Waals surface area (Å²) < 4.78 is 5.25. The van der Waals surface area contributed by atoms with Gasteiger partial charge in [-0.1, -0.05) is 6.92 Å². The number of hydrogen-bond donors (Lipinski definition) is 2. The standard InChI is InChI=1S/C11H24N2O3/c1-5-6-13(7-9(12)8-14)10(15)16-11(2,3)4/h9,14H,5-8,12H2,1-4H3/t9-/m1/s1.